The predicted molar refractivity (Wildman–Crippen MR) is 75.1 cm³/mol. The molecule has 4 heteroatoms. The van der Waals surface area contributed by atoms with Gasteiger partial charge < -0.3 is 9.84 Å². The number of rotatable bonds is 3. The summed E-state index contributed by atoms with van der Waals surface area (Å²) in [5, 5.41) is 19.2. The molecular weight excluding hydrogens is 252 g/mol. The van der Waals surface area contributed by atoms with Crippen LogP contribution in [0.25, 0.3) is 0 Å². The summed E-state index contributed by atoms with van der Waals surface area (Å²) in [6.45, 7) is 3.09. The van der Waals surface area contributed by atoms with Gasteiger partial charge in [-0.15, -0.1) is 0 Å². The summed E-state index contributed by atoms with van der Waals surface area (Å²) < 4.78 is 5.62. The van der Waals surface area contributed by atoms with Gasteiger partial charge >= 0.3 is 0 Å². The van der Waals surface area contributed by atoms with Gasteiger partial charge in [-0.2, -0.15) is 5.26 Å². The fraction of sp³-hybridized carbons (Fsp3) is 0.562. The fourth-order valence-electron chi connectivity index (χ4n) is 3.19. The van der Waals surface area contributed by atoms with Gasteiger partial charge in [-0.3, -0.25) is 4.90 Å². The Bertz CT molecular complexity index is 502. The molecule has 1 N–H and O–H groups in total. The molecule has 2 fully saturated rings. The van der Waals surface area contributed by atoms with Crippen LogP contribution in [0.1, 0.15) is 36.5 Å². The molecule has 1 saturated heterocycles. The van der Waals surface area contributed by atoms with Crippen LogP contribution in [-0.4, -0.2) is 41.8 Å². The highest BCUT2D eigenvalue weighted by molar-refractivity contribution is 5.32. The molecule has 1 aliphatic heterocycles. The van der Waals surface area contributed by atoms with Gasteiger partial charge in [-0.1, -0.05) is 12.1 Å². The highest BCUT2D eigenvalue weighted by Crippen LogP contribution is 2.40. The van der Waals surface area contributed by atoms with Crippen LogP contribution in [0.15, 0.2) is 24.3 Å². The number of benzene rings is 1. The van der Waals surface area contributed by atoms with Crippen LogP contribution in [0.2, 0.25) is 0 Å². The fourth-order valence-corrected chi connectivity index (χ4v) is 3.19. The number of β-amino-alcohol motifs (C(OH)–C–C–N with tert-alkyl or cyclic N) is 1. The molecule has 1 spiro atoms. The molecule has 0 amide bonds. The first-order valence-corrected chi connectivity index (χ1v) is 7.24. The number of nitrogens with zero attached hydrogens (tertiary/aromatic N) is 2. The standard InChI is InChI=1S/C16H20N2O2/c17-10-13-2-4-14(5-3-13)15(19)11-18-8-9-20-12-16(18)6-1-7-16/h2-5,15,19H,1,6-9,11-12H2. The minimum atomic E-state index is -0.502. The average molecular weight is 272 g/mol. The van der Waals surface area contributed by atoms with Gasteiger partial charge in [-0.05, 0) is 37.0 Å². The smallest absolute Gasteiger partial charge is 0.0991 e. The zero-order chi connectivity index (χ0) is 14.0. The molecule has 2 aliphatic rings. The van der Waals surface area contributed by atoms with E-state index in [9.17, 15) is 5.11 Å². The van der Waals surface area contributed by atoms with Crippen molar-refractivity contribution in [2.24, 2.45) is 0 Å². The van der Waals surface area contributed by atoms with E-state index < -0.39 is 6.10 Å². The first-order valence-electron chi connectivity index (χ1n) is 7.24. The highest BCUT2D eigenvalue weighted by atomic mass is 16.5. The number of hydrogen-bond donors (Lipinski definition) is 1. The van der Waals surface area contributed by atoms with Gasteiger partial charge in [0.25, 0.3) is 0 Å². The molecule has 1 aromatic carbocycles. The summed E-state index contributed by atoms with van der Waals surface area (Å²) in [7, 11) is 0. The maximum absolute atomic E-state index is 10.4. The minimum absolute atomic E-state index is 0.172. The van der Waals surface area contributed by atoms with Crippen molar-refractivity contribution >= 4 is 0 Å². The topological polar surface area (TPSA) is 56.5 Å². The van der Waals surface area contributed by atoms with Crippen molar-refractivity contribution in [3.05, 3.63) is 35.4 Å². The Labute approximate surface area is 119 Å². The maximum atomic E-state index is 10.4. The second-order valence-electron chi connectivity index (χ2n) is 5.83. The van der Waals surface area contributed by atoms with E-state index >= 15 is 0 Å². The van der Waals surface area contributed by atoms with E-state index in [1.54, 1.807) is 12.1 Å². The Morgan fingerprint density at radius 3 is 2.70 bits per heavy atom. The Morgan fingerprint density at radius 1 is 1.35 bits per heavy atom. The van der Waals surface area contributed by atoms with Crippen molar-refractivity contribution in [1.29, 1.82) is 5.26 Å². The molecule has 1 aromatic rings. The number of aliphatic hydroxyl groups is 1. The van der Waals surface area contributed by atoms with E-state index in [4.69, 9.17) is 10.00 Å². The van der Waals surface area contributed by atoms with Crippen LogP contribution in [0.4, 0.5) is 0 Å². The van der Waals surface area contributed by atoms with Crippen molar-refractivity contribution in [1.82, 2.24) is 4.90 Å². The average Bonchev–Trinajstić information content (AvgIpc) is 2.46. The zero-order valence-electron chi connectivity index (χ0n) is 11.6. The van der Waals surface area contributed by atoms with Crippen LogP contribution < -0.4 is 0 Å². The number of morpholine rings is 1. The largest absolute Gasteiger partial charge is 0.387 e. The van der Waals surface area contributed by atoms with Crippen LogP contribution in [0.3, 0.4) is 0 Å². The molecule has 0 radical (unpaired) electrons. The van der Waals surface area contributed by atoms with Crippen LogP contribution in [0.5, 0.6) is 0 Å². The lowest BCUT2D eigenvalue weighted by molar-refractivity contribution is -0.118. The Hall–Kier alpha value is -1.41. The first kappa shape index (κ1) is 13.6. The second-order valence-corrected chi connectivity index (χ2v) is 5.83. The van der Waals surface area contributed by atoms with Gasteiger partial charge in [0.2, 0.25) is 0 Å². The van der Waals surface area contributed by atoms with Crippen molar-refractivity contribution in [2.45, 2.75) is 30.9 Å². The maximum Gasteiger partial charge on any atom is 0.0991 e. The van der Waals surface area contributed by atoms with E-state index in [0.717, 1.165) is 25.3 Å². The van der Waals surface area contributed by atoms with Crippen LogP contribution >= 0.6 is 0 Å². The molecule has 0 aromatic heterocycles. The summed E-state index contributed by atoms with van der Waals surface area (Å²) in [6, 6.07) is 9.31. The predicted octanol–water partition coefficient (Wildman–Crippen LogP) is 1.85. The summed E-state index contributed by atoms with van der Waals surface area (Å²) >= 11 is 0. The lowest BCUT2D eigenvalue weighted by Crippen LogP contribution is -2.61. The molecule has 3 rings (SSSR count). The lowest BCUT2D eigenvalue weighted by Gasteiger charge is -2.53. The van der Waals surface area contributed by atoms with E-state index in [1.165, 1.54) is 19.3 Å². The van der Waals surface area contributed by atoms with Crippen molar-refractivity contribution in [2.75, 3.05) is 26.3 Å². The molecule has 0 bridgehead atoms. The molecule has 4 nitrogen and oxygen atoms in total. The zero-order valence-corrected chi connectivity index (χ0v) is 11.6. The second kappa shape index (κ2) is 5.53. The number of aliphatic hydroxyl groups excluding tert-OH is 1. The van der Waals surface area contributed by atoms with E-state index in [0.29, 0.717) is 12.1 Å². The Balaban J connectivity index is 1.68. The summed E-state index contributed by atoms with van der Waals surface area (Å²) in [6.07, 6.45) is 3.10. The van der Waals surface area contributed by atoms with E-state index in [2.05, 4.69) is 11.0 Å². The SMILES string of the molecule is N#Cc1ccc(C(O)CN2CCOCC23CCC3)cc1. The molecule has 1 unspecified atom stereocenters. The minimum Gasteiger partial charge on any atom is -0.387 e. The van der Waals surface area contributed by atoms with Gasteiger partial charge in [0, 0.05) is 18.6 Å². The van der Waals surface area contributed by atoms with E-state index in [-0.39, 0.29) is 5.54 Å². The van der Waals surface area contributed by atoms with Gasteiger partial charge in [0.05, 0.1) is 31.0 Å². The van der Waals surface area contributed by atoms with Crippen molar-refractivity contribution in [3.63, 3.8) is 0 Å². The molecule has 20 heavy (non-hydrogen) atoms. The molecule has 106 valence electrons. The van der Waals surface area contributed by atoms with Crippen LogP contribution in [0, 0.1) is 11.3 Å². The Kier molecular flexibility index (Phi) is 3.75. The molecule has 1 aliphatic carbocycles. The van der Waals surface area contributed by atoms with Crippen LogP contribution in [-0.2, 0) is 4.74 Å². The van der Waals surface area contributed by atoms with E-state index in [1.807, 2.05) is 12.1 Å². The monoisotopic (exact) mass is 272 g/mol. The van der Waals surface area contributed by atoms with Gasteiger partial charge in [0.1, 0.15) is 0 Å². The number of hydrogen-bond acceptors (Lipinski definition) is 4. The summed E-state index contributed by atoms with van der Waals surface area (Å²) in [5.74, 6) is 0. The lowest BCUT2D eigenvalue weighted by atomic mass is 9.75. The molecule has 1 saturated carbocycles. The highest BCUT2D eigenvalue weighted by Gasteiger charge is 2.45. The third kappa shape index (κ3) is 2.45. The first-order chi connectivity index (χ1) is 9.73. The van der Waals surface area contributed by atoms with Crippen molar-refractivity contribution < 1.29 is 9.84 Å². The number of nitriles is 1. The van der Waals surface area contributed by atoms with Gasteiger partial charge in [0.15, 0.2) is 0 Å². The summed E-state index contributed by atoms with van der Waals surface area (Å²) in [5.41, 5.74) is 1.68. The third-order valence-electron chi connectivity index (χ3n) is 4.65. The molecule has 1 atom stereocenters. The van der Waals surface area contributed by atoms with Gasteiger partial charge in [-0.25, -0.2) is 0 Å². The molecular formula is C16H20N2O2. The number of ether oxygens (including phenoxy) is 1. The summed E-state index contributed by atoms with van der Waals surface area (Å²) in [4.78, 5) is 2.39. The van der Waals surface area contributed by atoms with Crippen molar-refractivity contribution in [3.8, 4) is 6.07 Å². The normalized spacial score (nSPS) is 23.0. The quantitative estimate of drug-likeness (QED) is 0.912. The Morgan fingerprint density at radius 2 is 2.10 bits per heavy atom. The third-order valence-corrected chi connectivity index (χ3v) is 4.65. The molecule has 1 heterocycles.